The summed E-state index contributed by atoms with van der Waals surface area (Å²) in [6.45, 7) is 13.6. The van der Waals surface area contributed by atoms with E-state index in [-0.39, 0.29) is 6.17 Å². The molecule has 8 N–H and O–H groups in total. The van der Waals surface area contributed by atoms with Crippen LogP contribution in [0.1, 0.15) is 109 Å². The molecule has 0 aliphatic heterocycles. The van der Waals surface area contributed by atoms with Gasteiger partial charge in [-0.15, -0.1) is 6.58 Å². The van der Waals surface area contributed by atoms with Crippen LogP contribution in [0.3, 0.4) is 0 Å². The maximum atomic E-state index is 10.1. The highest BCUT2D eigenvalue weighted by atomic mass is 16.5. The zero-order chi connectivity index (χ0) is 28.5. The predicted molar refractivity (Wildman–Crippen MR) is 160 cm³/mol. The fraction of sp³-hybridized carbons (Fsp3) is 0.677. The molecule has 0 amide bonds. The monoisotopic (exact) mass is 532 g/mol. The Labute approximate surface area is 231 Å². The summed E-state index contributed by atoms with van der Waals surface area (Å²) in [6.07, 6.45) is 16.4. The third-order valence-corrected chi connectivity index (χ3v) is 7.36. The van der Waals surface area contributed by atoms with Gasteiger partial charge in [-0.1, -0.05) is 56.4 Å². The summed E-state index contributed by atoms with van der Waals surface area (Å²) >= 11 is 0. The molecular weight excluding hydrogens is 476 g/mol. The molecule has 0 aliphatic rings. The minimum absolute atomic E-state index is 0.282. The molecule has 1 rings (SSSR count). The Morgan fingerprint density at radius 3 is 2.45 bits per heavy atom. The molecule has 0 radical (unpaired) electrons. The Balaban J connectivity index is 3.08. The fourth-order valence-electron chi connectivity index (χ4n) is 4.99. The number of nitrogens with zero attached hydrogens (tertiary/aromatic N) is 1. The number of nitrogens with two attached hydrogens (primary N) is 2. The van der Waals surface area contributed by atoms with E-state index in [4.69, 9.17) is 11.5 Å². The number of aliphatic hydroxyl groups excluding tert-OH is 2. The van der Waals surface area contributed by atoms with Crippen LogP contribution in [0.5, 0.6) is 0 Å². The lowest BCUT2D eigenvalue weighted by atomic mass is 9.91. The summed E-state index contributed by atoms with van der Waals surface area (Å²) in [5.41, 5.74) is 16.7. The van der Waals surface area contributed by atoms with Gasteiger partial charge in [-0.05, 0) is 70.3 Å². The van der Waals surface area contributed by atoms with Crippen molar-refractivity contribution in [2.24, 2.45) is 17.4 Å². The maximum absolute atomic E-state index is 10.1. The van der Waals surface area contributed by atoms with Gasteiger partial charge in [-0.3, -0.25) is 0 Å². The minimum Gasteiger partial charge on any atom is -0.392 e. The predicted octanol–water partition coefficient (Wildman–Crippen LogP) is 5.13. The van der Waals surface area contributed by atoms with E-state index in [0.29, 0.717) is 31.6 Å². The number of hydrogen-bond acceptors (Lipinski definition) is 6. The molecule has 0 aromatic carbocycles. The standard InChI is InChI=1S/C31H56N4O3/c1-6-9-13-25(7-2)14-11-10-12-23(4)15-16-26(8-3)27(17-18-34-30(33)19-32)28-21-35(20-24(5)36)22-29(28)31(37)38/h6,15,21-22,24-25,30-31,34,36-38H,1,7-14,16-20,32-33H2,2-5H3. The van der Waals surface area contributed by atoms with E-state index >= 15 is 0 Å². The van der Waals surface area contributed by atoms with Crippen LogP contribution >= 0.6 is 0 Å². The molecule has 3 atom stereocenters. The Morgan fingerprint density at radius 2 is 1.87 bits per heavy atom. The molecule has 0 saturated heterocycles. The van der Waals surface area contributed by atoms with Gasteiger partial charge in [0.25, 0.3) is 0 Å². The number of aromatic nitrogens is 1. The summed E-state index contributed by atoms with van der Waals surface area (Å²) < 4.78 is 1.83. The van der Waals surface area contributed by atoms with Crippen LogP contribution in [0.2, 0.25) is 0 Å². The van der Waals surface area contributed by atoms with E-state index < -0.39 is 12.4 Å². The van der Waals surface area contributed by atoms with Crippen molar-refractivity contribution < 1.29 is 15.3 Å². The topological polar surface area (TPSA) is 130 Å². The molecule has 0 aliphatic carbocycles. The fourth-order valence-corrected chi connectivity index (χ4v) is 4.99. The van der Waals surface area contributed by atoms with E-state index in [9.17, 15) is 15.3 Å². The Morgan fingerprint density at radius 1 is 1.13 bits per heavy atom. The van der Waals surface area contributed by atoms with E-state index in [0.717, 1.165) is 42.7 Å². The molecule has 3 unspecified atom stereocenters. The smallest absolute Gasteiger partial charge is 0.180 e. The van der Waals surface area contributed by atoms with Crippen LogP contribution in [0.25, 0.3) is 5.57 Å². The van der Waals surface area contributed by atoms with Crippen molar-refractivity contribution in [2.75, 3.05) is 13.1 Å². The van der Waals surface area contributed by atoms with Crippen molar-refractivity contribution in [1.29, 1.82) is 0 Å². The van der Waals surface area contributed by atoms with Gasteiger partial charge >= 0.3 is 0 Å². The minimum atomic E-state index is -1.59. The van der Waals surface area contributed by atoms with E-state index in [1.807, 2.05) is 16.8 Å². The molecule has 1 heterocycles. The third-order valence-electron chi connectivity index (χ3n) is 7.36. The second kappa shape index (κ2) is 19.3. The lowest BCUT2D eigenvalue weighted by Gasteiger charge is -2.18. The number of aliphatic hydroxyl groups is 3. The second-order valence-corrected chi connectivity index (χ2v) is 10.7. The highest BCUT2D eigenvalue weighted by molar-refractivity contribution is 5.71. The van der Waals surface area contributed by atoms with Gasteiger partial charge < -0.3 is 36.7 Å². The van der Waals surface area contributed by atoms with Crippen LogP contribution in [0.15, 0.2) is 42.3 Å². The van der Waals surface area contributed by atoms with Crippen molar-refractivity contribution in [3.63, 3.8) is 0 Å². The van der Waals surface area contributed by atoms with Gasteiger partial charge in [-0.25, -0.2) is 0 Å². The molecule has 0 fully saturated rings. The summed E-state index contributed by atoms with van der Waals surface area (Å²) in [4.78, 5) is 0. The first-order valence-corrected chi connectivity index (χ1v) is 14.6. The van der Waals surface area contributed by atoms with Crippen LogP contribution < -0.4 is 16.8 Å². The maximum Gasteiger partial charge on any atom is 0.180 e. The second-order valence-electron chi connectivity index (χ2n) is 10.7. The van der Waals surface area contributed by atoms with Crippen molar-refractivity contribution >= 4 is 5.57 Å². The summed E-state index contributed by atoms with van der Waals surface area (Å²) in [5, 5.41) is 33.4. The largest absolute Gasteiger partial charge is 0.392 e. The quantitative estimate of drug-likeness (QED) is 0.0740. The molecule has 7 heteroatoms. The summed E-state index contributed by atoms with van der Waals surface area (Å²) in [7, 11) is 0. The first-order valence-electron chi connectivity index (χ1n) is 14.6. The summed E-state index contributed by atoms with van der Waals surface area (Å²) in [6, 6.07) is 0. The average Bonchev–Trinajstić information content (AvgIpc) is 3.30. The molecule has 7 nitrogen and oxygen atoms in total. The molecule has 0 saturated carbocycles. The number of nitrogens with one attached hydrogen (secondary N) is 1. The Hall–Kier alpha value is -1.74. The van der Waals surface area contributed by atoms with Gasteiger partial charge in [0.15, 0.2) is 6.29 Å². The van der Waals surface area contributed by atoms with Crippen molar-refractivity contribution in [3.8, 4) is 0 Å². The molecule has 0 bridgehead atoms. The zero-order valence-electron chi connectivity index (χ0n) is 24.5. The van der Waals surface area contributed by atoms with Crippen LogP contribution in [-0.2, 0) is 6.54 Å². The lowest BCUT2D eigenvalue weighted by Crippen LogP contribution is -2.43. The molecule has 1 aromatic rings. The average molecular weight is 533 g/mol. The van der Waals surface area contributed by atoms with Gasteiger partial charge in [0, 0.05) is 43.2 Å². The molecular formula is C31H56N4O3. The van der Waals surface area contributed by atoms with Crippen LogP contribution in [0.4, 0.5) is 0 Å². The highest BCUT2D eigenvalue weighted by Gasteiger charge is 2.19. The van der Waals surface area contributed by atoms with Crippen molar-refractivity contribution in [3.05, 3.63) is 53.4 Å². The van der Waals surface area contributed by atoms with Crippen LogP contribution in [-0.4, -0.2) is 45.2 Å². The SMILES string of the molecule is C=CCCC(CC)CCCCC(C)=CCC(CC)=C(CCNC(N)CN)c1cn(CC(C)O)cc1C(O)O. The van der Waals surface area contributed by atoms with Gasteiger partial charge in [-0.2, -0.15) is 0 Å². The van der Waals surface area contributed by atoms with Crippen molar-refractivity contribution in [1.82, 2.24) is 9.88 Å². The molecule has 38 heavy (non-hydrogen) atoms. The van der Waals surface area contributed by atoms with Gasteiger partial charge in [0.1, 0.15) is 0 Å². The van der Waals surface area contributed by atoms with E-state index in [1.165, 1.54) is 43.3 Å². The number of unbranched alkanes of at least 4 members (excludes halogenated alkanes) is 1. The van der Waals surface area contributed by atoms with Crippen molar-refractivity contribution in [2.45, 2.75) is 117 Å². The van der Waals surface area contributed by atoms with Gasteiger partial charge in [0.2, 0.25) is 0 Å². The van der Waals surface area contributed by atoms with Crippen LogP contribution in [0, 0.1) is 5.92 Å². The normalized spacial score (nSPS) is 15.5. The van der Waals surface area contributed by atoms with E-state index in [1.54, 1.807) is 13.1 Å². The number of rotatable bonds is 21. The summed E-state index contributed by atoms with van der Waals surface area (Å²) in [5.74, 6) is 0.799. The first kappa shape index (κ1) is 34.3. The first-order chi connectivity index (χ1) is 18.2. The number of hydrogen-bond donors (Lipinski definition) is 6. The third kappa shape index (κ3) is 12.9. The van der Waals surface area contributed by atoms with Gasteiger partial charge in [0.05, 0.1) is 12.3 Å². The zero-order valence-corrected chi connectivity index (χ0v) is 24.5. The Kier molecular flexibility index (Phi) is 17.5. The number of allylic oxidation sites excluding steroid dienone is 4. The van der Waals surface area contributed by atoms with E-state index in [2.05, 4.69) is 38.7 Å². The Bertz CT molecular complexity index is 857. The molecule has 1 aromatic heterocycles. The lowest BCUT2D eigenvalue weighted by molar-refractivity contribution is -0.0427. The molecule has 0 spiro atoms. The highest BCUT2D eigenvalue weighted by Crippen LogP contribution is 2.33. The molecule has 218 valence electrons.